The number of carbonyl (C=O) groups is 2. The van der Waals surface area contributed by atoms with Gasteiger partial charge in [0.05, 0.1) is 11.4 Å². The van der Waals surface area contributed by atoms with Crippen molar-refractivity contribution >= 4 is 39.8 Å². The summed E-state index contributed by atoms with van der Waals surface area (Å²) in [6.07, 6.45) is 1.74. The number of nitrogens with zero attached hydrogens (tertiary/aromatic N) is 1. The molecule has 4 aromatic rings. The fraction of sp³-hybridized carbons (Fsp3) is 0.103. The normalized spacial score (nSPS) is 15.8. The monoisotopic (exact) mass is 495 g/mol. The van der Waals surface area contributed by atoms with Gasteiger partial charge in [-0.3, -0.25) is 14.5 Å². The summed E-state index contributed by atoms with van der Waals surface area (Å²) in [4.78, 5) is 27.3. The van der Waals surface area contributed by atoms with Gasteiger partial charge in [0.25, 0.3) is 11.1 Å². The Kier molecular flexibility index (Phi) is 5.83. The highest BCUT2D eigenvalue weighted by Gasteiger charge is 2.35. The summed E-state index contributed by atoms with van der Waals surface area (Å²) in [5, 5.41) is 1.94. The van der Waals surface area contributed by atoms with Gasteiger partial charge in [0, 0.05) is 0 Å². The molecule has 0 bridgehead atoms. The van der Waals surface area contributed by atoms with Crippen LogP contribution in [-0.4, -0.2) is 22.8 Å². The van der Waals surface area contributed by atoms with E-state index in [0.717, 1.165) is 50.7 Å². The summed E-state index contributed by atoms with van der Waals surface area (Å²) in [5.41, 5.74) is 2.71. The van der Waals surface area contributed by atoms with Crippen molar-refractivity contribution in [2.24, 2.45) is 0 Å². The Bertz CT molecular complexity index is 1510. The molecule has 6 rings (SSSR count). The minimum Gasteiger partial charge on any atom is -0.489 e. The maximum Gasteiger partial charge on any atom is 0.293 e. The van der Waals surface area contributed by atoms with E-state index in [9.17, 15) is 9.59 Å². The van der Waals surface area contributed by atoms with Gasteiger partial charge in [0.2, 0.25) is 6.79 Å². The predicted molar refractivity (Wildman–Crippen MR) is 139 cm³/mol. The van der Waals surface area contributed by atoms with Crippen LogP contribution in [0.4, 0.5) is 4.79 Å². The number of fused-ring (bicyclic) bond motifs is 2. The van der Waals surface area contributed by atoms with Crippen molar-refractivity contribution in [3.05, 3.63) is 107 Å². The van der Waals surface area contributed by atoms with Crippen LogP contribution in [0.25, 0.3) is 16.8 Å². The molecule has 0 saturated carbocycles. The molecule has 178 valence electrons. The zero-order chi connectivity index (χ0) is 24.5. The Morgan fingerprint density at radius 3 is 2.47 bits per heavy atom. The van der Waals surface area contributed by atoms with E-state index in [0.29, 0.717) is 17.3 Å². The lowest BCUT2D eigenvalue weighted by Gasteiger charge is -2.13. The number of carbonyl (C=O) groups excluding carboxylic acids is 2. The van der Waals surface area contributed by atoms with E-state index in [1.54, 1.807) is 6.08 Å². The van der Waals surface area contributed by atoms with E-state index < -0.39 is 0 Å². The highest BCUT2D eigenvalue weighted by molar-refractivity contribution is 8.18. The first-order valence-corrected chi connectivity index (χ1v) is 12.3. The zero-order valence-corrected chi connectivity index (χ0v) is 20.0. The standard InChI is InChI=1S/C29H21NO5S/c31-28-27(36-29(32)30(28)16-20-5-9-22-3-1-2-4-23(22)13-20)15-19-6-10-24(11-7-19)33-17-21-8-12-25-26(14-21)35-18-34-25/h1-15H,16-18H2/b27-15-. The largest absolute Gasteiger partial charge is 0.489 e. The molecule has 0 radical (unpaired) electrons. The topological polar surface area (TPSA) is 65.1 Å². The number of hydrogen-bond acceptors (Lipinski definition) is 6. The van der Waals surface area contributed by atoms with Crippen LogP contribution in [0.15, 0.2) is 89.8 Å². The number of rotatable bonds is 6. The van der Waals surface area contributed by atoms with Gasteiger partial charge in [0.15, 0.2) is 11.5 Å². The lowest BCUT2D eigenvalue weighted by molar-refractivity contribution is -0.123. The highest BCUT2D eigenvalue weighted by atomic mass is 32.2. The van der Waals surface area contributed by atoms with Crippen molar-refractivity contribution in [1.82, 2.24) is 4.90 Å². The van der Waals surface area contributed by atoms with Crippen molar-refractivity contribution in [3.8, 4) is 17.2 Å². The third kappa shape index (κ3) is 4.53. The lowest BCUT2D eigenvalue weighted by Crippen LogP contribution is -2.27. The van der Waals surface area contributed by atoms with Gasteiger partial charge in [-0.2, -0.15) is 0 Å². The highest BCUT2D eigenvalue weighted by Crippen LogP contribution is 2.34. The lowest BCUT2D eigenvalue weighted by atomic mass is 10.1. The molecule has 0 atom stereocenters. The fourth-order valence-electron chi connectivity index (χ4n) is 4.17. The van der Waals surface area contributed by atoms with Gasteiger partial charge in [-0.05, 0) is 75.6 Å². The van der Waals surface area contributed by atoms with Crippen molar-refractivity contribution < 1.29 is 23.8 Å². The summed E-state index contributed by atoms with van der Waals surface area (Å²) in [7, 11) is 0. The summed E-state index contributed by atoms with van der Waals surface area (Å²) in [6, 6.07) is 27.2. The Morgan fingerprint density at radius 1 is 0.833 bits per heavy atom. The van der Waals surface area contributed by atoms with Crippen molar-refractivity contribution in [2.45, 2.75) is 13.2 Å². The van der Waals surface area contributed by atoms with Crippen molar-refractivity contribution in [1.29, 1.82) is 0 Å². The van der Waals surface area contributed by atoms with E-state index >= 15 is 0 Å². The Morgan fingerprint density at radius 2 is 1.61 bits per heavy atom. The van der Waals surface area contributed by atoms with Gasteiger partial charge in [-0.25, -0.2) is 0 Å². The number of hydrogen-bond donors (Lipinski definition) is 0. The molecule has 1 saturated heterocycles. The Labute approximate surface area is 212 Å². The minimum absolute atomic E-state index is 0.240. The van der Waals surface area contributed by atoms with Gasteiger partial charge >= 0.3 is 0 Å². The first kappa shape index (κ1) is 22.2. The van der Waals surface area contributed by atoms with Gasteiger partial charge in [-0.1, -0.05) is 54.6 Å². The second-order valence-corrected chi connectivity index (χ2v) is 9.49. The van der Waals surface area contributed by atoms with Crippen LogP contribution in [-0.2, 0) is 17.9 Å². The van der Waals surface area contributed by atoms with Crippen LogP contribution in [0.3, 0.4) is 0 Å². The molecule has 0 spiro atoms. The Hall–Kier alpha value is -4.23. The molecule has 2 heterocycles. The molecule has 0 N–H and O–H groups in total. The first-order valence-electron chi connectivity index (χ1n) is 11.5. The molecule has 2 aliphatic heterocycles. The number of benzene rings is 4. The molecule has 2 aliphatic rings. The predicted octanol–water partition coefficient (Wildman–Crippen LogP) is 6.38. The van der Waals surface area contributed by atoms with Gasteiger partial charge in [0.1, 0.15) is 12.4 Å². The van der Waals surface area contributed by atoms with Crippen LogP contribution in [0, 0.1) is 0 Å². The molecule has 0 aliphatic carbocycles. The molecule has 1 fully saturated rings. The molecule has 7 heteroatoms. The van der Waals surface area contributed by atoms with E-state index in [2.05, 4.69) is 0 Å². The third-order valence-electron chi connectivity index (χ3n) is 6.05. The van der Waals surface area contributed by atoms with E-state index in [1.807, 2.05) is 84.9 Å². The summed E-state index contributed by atoms with van der Waals surface area (Å²) in [6.45, 7) is 0.882. The van der Waals surface area contributed by atoms with Crippen LogP contribution in [0.5, 0.6) is 17.2 Å². The van der Waals surface area contributed by atoms with E-state index in [-0.39, 0.29) is 24.5 Å². The molecule has 4 aromatic carbocycles. The van der Waals surface area contributed by atoms with Gasteiger partial charge in [-0.15, -0.1) is 0 Å². The number of imide groups is 1. The van der Waals surface area contributed by atoms with E-state index in [1.165, 1.54) is 4.90 Å². The zero-order valence-electron chi connectivity index (χ0n) is 19.2. The summed E-state index contributed by atoms with van der Waals surface area (Å²) < 4.78 is 16.6. The van der Waals surface area contributed by atoms with Crippen LogP contribution >= 0.6 is 11.8 Å². The fourth-order valence-corrected chi connectivity index (χ4v) is 5.00. The van der Waals surface area contributed by atoms with Crippen LogP contribution in [0.1, 0.15) is 16.7 Å². The minimum atomic E-state index is -0.277. The van der Waals surface area contributed by atoms with Crippen LogP contribution in [0.2, 0.25) is 0 Å². The quantitative estimate of drug-likeness (QED) is 0.289. The van der Waals surface area contributed by atoms with Crippen molar-refractivity contribution in [3.63, 3.8) is 0 Å². The molecule has 36 heavy (non-hydrogen) atoms. The van der Waals surface area contributed by atoms with Gasteiger partial charge < -0.3 is 14.2 Å². The molecular formula is C29H21NO5S. The Balaban J connectivity index is 1.11. The maximum absolute atomic E-state index is 13.0. The molecule has 2 amide bonds. The molecular weight excluding hydrogens is 474 g/mol. The molecule has 6 nitrogen and oxygen atoms in total. The van der Waals surface area contributed by atoms with Crippen molar-refractivity contribution in [2.75, 3.05) is 6.79 Å². The molecule has 0 aromatic heterocycles. The maximum atomic E-state index is 13.0. The van der Waals surface area contributed by atoms with E-state index in [4.69, 9.17) is 14.2 Å². The molecule has 0 unspecified atom stereocenters. The average molecular weight is 496 g/mol. The van der Waals surface area contributed by atoms with Crippen LogP contribution < -0.4 is 14.2 Å². The second kappa shape index (κ2) is 9.43. The number of thioether (sulfide) groups is 1. The SMILES string of the molecule is O=C1S/C(=C\c2ccc(OCc3ccc4c(c3)OCO4)cc2)C(=O)N1Cc1ccc2ccccc2c1. The first-order chi connectivity index (χ1) is 17.6. The third-order valence-corrected chi connectivity index (χ3v) is 6.96. The number of ether oxygens (including phenoxy) is 3. The second-order valence-electron chi connectivity index (χ2n) is 8.49. The number of amides is 2. The summed E-state index contributed by atoms with van der Waals surface area (Å²) in [5.74, 6) is 1.89. The summed E-state index contributed by atoms with van der Waals surface area (Å²) >= 11 is 0.966. The smallest absolute Gasteiger partial charge is 0.293 e. The average Bonchev–Trinajstić information content (AvgIpc) is 3.48.